The largest absolute Gasteiger partial charge is 0.490 e. The predicted molar refractivity (Wildman–Crippen MR) is 96.7 cm³/mol. The van der Waals surface area contributed by atoms with E-state index in [2.05, 4.69) is 37.1 Å². The van der Waals surface area contributed by atoms with E-state index in [1.807, 2.05) is 0 Å². The van der Waals surface area contributed by atoms with Crippen LogP contribution in [0.1, 0.15) is 64.7 Å². The van der Waals surface area contributed by atoms with Crippen LogP contribution in [-0.4, -0.2) is 6.10 Å². The predicted octanol–water partition coefficient (Wildman–Crippen LogP) is 5.79. The van der Waals surface area contributed by atoms with Crippen LogP contribution in [0.3, 0.4) is 0 Å². The average Bonchev–Trinajstić information content (AvgIpc) is 2.91. The summed E-state index contributed by atoms with van der Waals surface area (Å²) < 4.78 is 6.17. The van der Waals surface area contributed by atoms with E-state index in [1.165, 1.54) is 63.5 Å². The van der Waals surface area contributed by atoms with Crippen LogP contribution >= 0.6 is 0 Å². The van der Waals surface area contributed by atoms with E-state index >= 15 is 0 Å². The summed E-state index contributed by atoms with van der Waals surface area (Å²) >= 11 is 0. The minimum atomic E-state index is 0.379. The lowest BCUT2D eigenvalue weighted by molar-refractivity contribution is 0.113. The number of rotatable bonds is 6. The van der Waals surface area contributed by atoms with Crippen molar-refractivity contribution in [1.82, 2.24) is 0 Å². The first-order valence-corrected chi connectivity index (χ1v) is 9.48. The number of terminal acetylenes is 1. The molecule has 0 bridgehead atoms. The zero-order chi connectivity index (χ0) is 16.1. The molecule has 3 rings (SSSR count). The molecule has 0 saturated heterocycles. The third-order valence-electron chi connectivity index (χ3n) is 5.86. The highest BCUT2D eigenvalue weighted by Crippen LogP contribution is 2.39. The molecule has 0 N–H and O–H groups in total. The second kappa shape index (κ2) is 7.91. The number of allylic oxidation sites excluding steroid dienone is 4. The van der Waals surface area contributed by atoms with Crippen molar-refractivity contribution in [3.05, 3.63) is 35.6 Å². The van der Waals surface area contributed by atoms with Crippen LogP contribution in [0.5, 0.6) is 0 Å². The number of ether oxygens (including phenoxy) is 1. The molecule has 3 aliphatic rings. The zero-order valence-electron chi connectivity index (χ0n) is 14.5. The number of unbranched alkanes of at least 4 members (excludes halogenated alkanes) is 2. The minimum Gasteiger partial charge on any atom is -0.490 e. The van der Waals surface area contributed by atoms with Crippen LogP contribution in [0.2, 0.25) is 0 Å². The van der Waals surface area contributed by atoms with Crippen molar-refractivity contribution in [1.29, 1.82) is 0 Å². The van der Waals surface area contributed by atoms with Crippen molar-refractivity contribution in [2.75, 3.05) is 0 Å². The van der Waals surface area contributed by atoms with Gasteiger partial charge in [-0.05, 0) is 62.5 Å². The summed E-state index contributed by atoms with van der Waals surface area (Å²) in [5.74, 6) is 5.84. The molecule has 0 spiro atoms. The van der Waals surface area contributed by atoms with Gasteiger partial charge in [-0.2, -0.15) is 0 Å². The van der Waals surface area contributed by atoms with Gasteiger partial charge >= 0.3 is 0 Å². The maximum atomic E-state index is 6.17. The van der Waals surface area contributed by atoms with Crippen molar-refractivity contribution in [3.8, 4) is 12.3 Å². The Balaban J connectivity index is 1.34. The second-order valence-electron chi connectivity index (χ2n) is 7.37. The Bertz CT molecular complexity index is 531. The van der Waals surface area contributed by atoms with E-state index in [-0.39, 0.29) is 0 Å². The van der Waals surface area contributed by atoms with Crippen LogP contribution in [0.15, 0.2) is 35.6 Å². The summed E-state index contributed by atoms with van der Waals surface area (Å²) in [4.78, 5) is 0. The summed E-state index contributed by atoms with van der Waals surface area (Å²) in [5, 5.41) is 0. The Morgan fingerprint density at radius 2 is 2.04 bits per heavy atom. The Morgan fingerprint density at radius 3 is 2.87 bits per heavy atom. The molecule has 4 atom stereocenters. The molecule has 1 heterocycles. The smallest absolute Gasteiger partial charge is 0.119 e. The fourth-order valence-corrected chi connectivity index (χ4v) is 4.36. The fourth-order valence-electron chi connectivity index (χ4n) is 4.36. The van der Waals surface area contributed by atoms with E-state index in [0.29, 0.717) is 23.9 Å². The van der Waals surface area contributed by atoms with Gasteiger partial charge in [0.25, 0.3) is 0 Å². The van der Waals surface area contributed by atoms with Gasteiger partial charge in [-0.15, -0.1) is 6.42 Å². The highest BCUT2D eigenvalue weighted by atomic mass is 16.5. The molecule has 0 amide bonds. The quantitative estimate of drug-likeness (QED) is 0.343. The molecule has 124 valence electrons. The van der Waals surface area contributed by atoms with Crippen molar-refractivity contribution in [2.45, 2.75) is 70.8 Å². The normalized spacial score (nSPS) is 32.5. The summed E-state index contributed by atoms with van der Waals surface area (Å²) in [7, 11) is 0. The van der Waals surface area contributed by atoms with Gasteiger partial charge in [0.2, 0.25) is 0 Å². The molecule has 0 saturated carbocycles. The molecule has 0 radical (unpaired) electrons. The summed E-state index contributed by atoms with van der Waals surface area (Å²) in [6, 6.07) is 0. The summed E-state index contributed by atoms with van der Waals surface area (Å²) in [6.45, 7) is 2.35. The highest BCUT2D eigenvalue weighted by molar-refractivity contribution is 5.30. The monoisotopic (exact) mass is 310 g/mol. The van der Waals surface area contributed by atoms with Crippen LogP contribution in [-0.2, 0) is 4.74 Å². The molecule has 1 nitrogen and oxygen atoms in total. The second-order valence-corrected chi connectivity index (χ2v) is 7.37. The first-order valence-electron chi connectivity index (χ1n) is 9.48. The third kappa shape index (κ3) is 3.92. The fraction of sp³-hybridized carbons (Fsp3) is 0.636. The molecule has 0 fully saturated rings. The minimum absolute atomic E-state index is 0.379. The van der Waals surface area contributed by atoms with E-state index in [4.69, 9.17) is 11.2 Å². The van der Waals surface area contributed by atoms with Crippen molar-refractivity contribution >= 4 is 0 Å². The van der Waals surface area contributed by atoms with Gasteiger partial charge in [0.15, 0.2) is 0 Å². The lowest BCUT2D eigenvalue weighted by atomic mass is 9.81. The molecule has 1 heteroatoms. The van der Waals surface area contributed by atoms with Crippen LogP contribution in [0, 0.1) is 30.1 Å². The van der Waals surface area contributed by atoms with Crippen molar-refractivity contribution < 1.29 is 4.74 Å². The molecule has 0 aromatic heterocycles. The maximum absolute atomic E-state index is 6.17. The number of hydrogen-bond donors (Lipinski definition) is 0. The molecular formula is C22H30O. The van der Waals surface area contributed by atoms with Gasteiger partial charge in [0, 0.05) is 11.8 Å². The van der Waals surface area contributed by atoms with Gasteiger partial charge < -0.3 is 4.74 Å². The van der Waals surface area contributed by atoms with Crippen LogP contribution in [0.25, 0.3) is 0 Å². The molecule has 0 aromatic carbocycles. The third-order valence-corrected chi connectivity index (χ3v) is 5.86. The van der Waals surface area contributed by atoms with Gasteiger partial charge in [0.1, 0.15) is 11.9 Å². The summed E-state index contributed by atoms with van der Waals surface area (Å²) in [6.07, 6.45) is 26.3. The lowest BCUT2D eigenvalue weighted by Crippen LogP contribution is -2.16. The topological polar surface area (TPSA) is 9.23 Å². The van der Waals surface area contributed by atoms with E-state index in [0.717, 1.165) is 0 Å². The number of hydrogen-bond acceptors (Lipinski definition) is 1. The molecule has 2 aliphatic carbocycles. The summed E-state index contributed by atoms with van der Waals surface area (Å²) in [5.41, 5.74) is 1.56. The van der Waals surface area contributed by atoms with Crippen LogP contribution < -0.4 is 0 Å². The average molecular weight is 310 g/mol. The van der Waals surface area contributed by atoms with Crippen molar-refractivity contribution in [2.24, 2.45) is 17.8 Å². The van der Waals surface area contributed by atoms with E-state index in [9.17, 15) is 0 Å². The molecule has 0 aromatic rings. The zero-order valence-corrected chi connectivity index (χ0v) is 14.5. The van der Waals surface area contributed by atoms with Crippen molar-refractivity contribution in [3.63, 3.8) is 0 Å². The van der Waals surface area contributed by atoms with E-state index in [1.54, 1.807) is 5.57 Å². The first kappa shape index (κ1) is 16.4. The first-order chi connectivity index (χ1) is 11.3. The van der Waals surface area contributed by atoms with Gasteiger partial charge in [-0.3, -0.25) is 0 Å². The molecule has 23 heavy (non-hydrogen) atoms. The lowest BCUT2D eigenvalue weighted by Gasteiger charge is -2.23. The maximum Gasteiger partial charge on any atom is 0.119 e. The Labute approximate surface area is 141 Å². The highest BCUT2D eigenvalue weighted by Gasteiger charge is 2.32. The SMILES string of the molecule is C#CC1C=CCCC1CCCCCC1OC2=C(CCC=C2)C1C. The Hall–Kier alpha value is -1.42. The Morgan fingerprint density at radius 1 is 1.17 bits per heavy atom. The molecule has 1 aliphatic heterocycles. The molecule has 4 unspecified atom stereocenters. The Kier molecular flexibility index (Phi) is 5.65. The standard InChI is InChI=1S/C22H30O/c1-3-18-11-7-8-13-19(18)12-5-4-6-15-21-17(2)20-14-9-10-16-22(20)23-21/h1,7,10-11,16-19,21H,4-6,8-9,12-15H2,2H3. The molecular weight excluding hydrogens is 280 g/mol. The van der Waals surface area contributed by atoms with Gasteiger partial charge in [-0.1, -0.05) is 43.9 Å². The van der Waals surface area contributed by atoms with Crippen LogP contribution in [0.4, 0.5) is 0 Å². The van der Waals surface area contributed by atoms with Gasteiger partial charge in [0.05, 0.1) is 0 Å². The van der Waals surface area contributed by atoms with Gasteiger partial charge in [-0.25, -0.2) is 0 Å². The van der Waals surface area contributed by atoms with E-state index < -0.39 is 0 Å².